The van der Waals surface area contributed by atoms with Gasteiger partial charge in [-0.3, -0.25) is 48.1 Å². The van der Waals surface area contributed by atoms with Gasteiger partial charge in [-0.2, -0.15) is 0 Å². The lowest BCUT2D eigenvalue weighted by Gasteiger charge is -2.27. The molecule has 4 aromatic carbocycles. The van der Waals surface area contributed by atoms with E-state index in [2.05, 4.69) is 58.2 Å². The number of hydrogen-bond acceptors (Lipinski definition) is 13. The highest BCUT2D eigenvalue weighted by Crippen LogP contribution is 2.18. The van der Waals surface area contributed by atoms with Crippen molar-refractivity contribution < 1.29 is 48.3 Å². The molecular weight excluding hydrogens is 1100 g/mol. The van der Waals surface area contributed by atoms with Crippen LogP contribution in [0.3, 0.4) is 0 Å². The van der Waals surface area contributed by atoms with Crippen molar-refractivity contribution in [1.82, 2.24) is 53.2 Å². The van der Waals surface area contributed by atoms with Crippen molar-refractivity contribution in [1.29, 1.82) is 0 Å². The summed E-state index contributed by atoms with van der Waals surface area (Å²) in [5.41, 5.74) is 18.8. The Hall–Kier alpha value is -8.64. The second kappa shape index (κ2) is 35.6. The molecule has 1 aliphatic rings. The van der Waals surface area contributed by atoms with Crippen LogP contribution in [-0.4, -0.2) is 145 Å². The van der Waals surface area contributed by atoms with Gasteiger partial charge in [-0.05, 0) is 110 Å². The van der Waals surface area contributed by atoms with Crippen molar-refractivity contribution in [2.75, 3.05) is 26.2 Å². The molecule has 466 valence electrons. The maximum atomic E-state index is 14.9. The molecule has 0 radical (unpaired) electrons. The standard InChI is InChI=1S/C62H88N14O10/c1-38(2)66-30-12-10-19-46(55(63)80)72-59(84)49-28-29-53(78)71-51(34-40-15-6-5-7-16-40)60(85)76-52(35-41-23-26-45(77)27-24-41)61(86)74-47(20-11-13-31-67-39(3)4)57(82)73-48(21-14-32-68-62(64)65)58(83)75-50(56(81)69-37-54(79)70-49)36-42-22-25-43-17-8-9-18-44(43)33-42/h5-9,15-18,22-27,33,38-39,46-52,66-67,77H,10-14,19-21,28-32,34-37H2,1-4H3,(H2,63,80)(H,69,81)(H,70,79)(H,71,78)(H,72,84)(H,73,82)(H,74,86)(H,75,83)(H,76,85)(H4,64,65,68)/t46-,47-,48+,49+,50-,51-,52+/m0/s1. The predicted octanol–water partition coefficient (Wildman–Crippen LogP) is 0.752. The largest absolute Gasteiger partial charge is 0.508 e. The number of fused-ring (bicyclic) bond motifs is 1. The first-order valence-corrected chi connectivity index (χ1v) is 29.6. The third-order valence-electron chi connectivity index (χ3n) is 14.4. The summed E-state index contributed by atoms with van der Waals surface area (Å²) >= 11 is 0. The number of carbonyl (C=O) groups excluding carboxylic acids is 9. The van der Waals surface area contributed by atoms with Crippen LogP contribution in [0.1, 0.15) is 109 Å². The van der Waals surface area contributed by atoms with Crippen molar-refractivity contribution in [3.63, 3.8) is 0 Å². The van der Waals surface area contributed by atoms with Gasteiger partial charge in [0.2, 0.25) is 53.2 Å². The zero-order chi connectivity index (χ0) is 62.5. The number of aromatic hydroxyl groups is 1. The molecule has 1 heterocycles. The molecule has 0 saturated carbocycles. The predicted molar refractivity (Wildman–Crippen MR) is 328 cm³/mol. The first-order chi connectivity index (χ1) is 41.1. The minimum atomic E-state index is -1.49. The molecule has 0 aliphatic carbocycles. The average molecular weight is 1190 g/mol. The van der Waals surface area contributed by atoms with Gasteiger partial charge in [0.05, 0.1) is 6.54 Å². The zero-order valence-electron chi connectivity index (χ0n) is 49.8. The summed E-state index contributed by atoms with van der Waals surface area (Å²) < 4.78 is 0. The van der Waals surface area contributed by atoms with E-state index in [-0.39, 0.29) is 81.7 Å². The number of nitrogens with one attached hydrogen (secondary N) is 10. The van der Waals surface area contributed by atoms with E-state index >= 15 is 0 Å². The van der Waals surface area contributed by atoms with Crippen molar-refractivity contribution >= 4 is 69.9 Å². The highest BCUT2D eigenvalue weighted by atomic mass is 16.3. The Labute approximate surface area is 502 Å². The van der Waals surface area contributed by atoms with E-state index < -0.39 is 108 Å². The van der Waals surface area contributed by atoms with E-state index in [4.69, 9.17) is 17.2 Å². The van der Waals surface area contributed by atoms with Crippen molar-refractivity contribution in [2.24, 2.45) is 22.2 Å². The number of rotatable bonds is 25. The molecule has 0 unspecified atom stereocenters. The number of unbranched alkanes of at least 4 members (excludes halogenated alkanes) is 2. The average Bonchev–Trinajstić information content (AvgIpc) is 3.67. The molecule has 24 heteroatoms. The van der Waals surface area contributed by atoms with Gasteiger partial charge in [-0.25, -0.2) is 0 Å². The van der Waals surface area contributed by atoms with Crippen LogP contribution < -0.4 is 70.4 Å². The fourth-order valence-electron chi connectivity index (χ4n) is 9.71. The first-order valence-electron chi connectivity index (χ1n) is 29.6. The molecule has 1 aliphatic heterocycles. The molecule has 0 bridgehead atoms. The van der Waals surface area contributed by atoms with Crippen LogP contribution in [0.5, 0.6) is 5.75 Å². The molecule has 86 heavy (non-hydrogen) atoms. The Morgan fingerprint density at radius 3 is 1.67 bits per heavy atom. The number of nitrogens with zero attached hydrogens (tertiary/aromatic N) is 1. The van der Waals surface area contributed by atoms with E-state index in [1.165, 1.54) is 12.1 Å². The Kier molecular flexibility index (Phi) is 28.2. The van der Waals surface area contributed by atoms with Crippen molar-refractivity contribution in [3.05, 3.63) is 114 Å². The Balaban J connectivity index is 1.58. The smallest absolute Gasteiger partial charge is 0.243 e. The number of aliphatic imine (C=N–C) groups is 1. The summed E-state index contributed by atoms with van der Waals surface area (Å²) in [4.78, 5) is 133. The number of phenols is 1. The van der Waals surface area contributed by atoms with E-state index in [1.807, 2.05) is 64.1 Å². The zero-order valence-corrected chi connectivity index (χ0v) is 49.8. The molecule has 1 saturated heterocycles. The molecular formula is C62H88N14O10. The maximum Gasteiger partial charge on any atom is 0.243 e. The van der Waals surface area contributed by atoms with Gasteiger partial charge < -0.3 is 75.5 Å². The number of hydrogen-bond donors (Lipinski definition) is 14. The first kappa shape index (κ1) is 68.1. The van der Waals surface area contributed by atoms with Crippen molar-refractivity contribution in [3.8, 4) is 5.75 Å². The fraction of sp³-hybridized carbons (Fsp3) is 0.484. The summed E-state index contributed by atoms with van der Waals surface area (Å²) in [5, 5.41) is 40.4. The molecule has 1 fully saturated rings. The number of phenolic OH excluding ortho intramolecular Hbond substituents is 1. The highest BCUT2D eigenvalue weighted by Gasteiger charge is 2.34. The van der Waals surface area contributed by atoms with Gasteiger partial charge >= 0.3 is 0 Å². The SMILES string of the molecule is CC(C)NCCCC[C@H](NC(=O)[C@H]1CCC(=O)N[C@@H](Cc2ccccc2)C(=O)N[C@H](Cc2ccc(O)cc2)C(=O)N[C@@H](CCCCNC(C)C)C(=O)N[C@H](CCCN=C(N)N)C(=O)N[C@@H](Cc2ccc3ccccc3c2)C(=O)NCC(=O)N1)C(N)=O. The van der Waals surface area contributed by atoms with Crippen molar-refractivity contribution in [2.45, 2.75) is 166 Å². The molecule has 0 spiro atoms. The van der Waals surface area contributed by atoms with Crippen LogP contribution in [0.4, 0.5) is 0 Å². The van der Waals surface area contributed by atoms with Crippen LogP contribution in [0.2, 0.25) is 0 Å². The van der Waals surface area contributed by atoms with Gasteiger partial charge in [-0.15, -0.1) is 0 Å². The molecule has 17 N–H and O–H groups in total. The topological polar surface area (TPSA) is 385 Å². The van der Waals surface area contributed by atoms with Crippen LogP contribution in [0.15, 0.2) is 102 Å². The second-order valence-electron chi connectivity index (χ2n) is 22.3. The number of primary amides is 1. The van der Waals surface area contributed by atoms with Crippen LogP contribution >= 0.6 is 0 Å². The fourth-order valence-corrected chi connectivity index (χ4v) is 9.71. The van der Waals surface area contributed by atoms with Crippen LogP contribution in [0, 0.1) is 0 Å². The number of nitrogens with two attached hydrogens (primary N) is 3. The number of carbonyl (C=O) groups is 9. The Morgan fingerprint density at radius 2 is 1.07 bits per heavy atom. The molecule has 7 atom stereocenters. The normalized spacial score (nSPS) is 20.1. The van der Waals surface area contributed by atoms with E-state index in [9.17, 15) is 48.3 Å². The van der Waals surface area contributed by atoms with Gasteiger partial charge in [-0.1, -0.05) is 113 Å². The minimum absolute atomic E-state index is 0.0514. The number of amides is 9. The Morgan fingerprint density at radius 1 is 0.558 bits per heavy atom. The Bertz CT molecular complexity index is 2920. The van der Waals surface area contributed by atoms with Gasteiger partial charge in [0, 0.05) is 44.3 Å². The summed E-state index contributed by atoms with van der Waals surface area (Å²) in [6.45, 7) is 8.55. The lowest BCUT2D eigenvalue weighted by atomic mass is 10.00. The van der Waals surface area contributed by atoms with Crippen LogP contribution in [0.25, 0.3) is 10.8 Å². The monoisotopic (exact) mass is 1190 g/mol. The lowest BCUT2D eigenvalue weighted by Crippen LogP contribution is -2.60. The van der Waals surface area contributed by atoms with E-state index in [0.29, 0.717) is 55.5 Å². The number of guanidine groups is 1. The minimum Gasteiger partial charge on any atom is -0.508 e. The summed E-state index contributed by atoms with van der Waals surface area (Å²) in [6.07, 6.45) is 1.41. The molecule has 9 amide bonds. The van der Waals surface area contributed by atoms with Crippen LogP contribution in [-0.2, 0) is 62.4 Å². The van der Waals surface area contributed by atoms with Gasteiger partial charge in [0.15, 0.2) is 5.96 Å². The third-order valence-corrected chi connectivity index (χ3v) is 14.4. The van der Waals surface area contributed by atoms with Gasteiger partial charge in [0.1, 0.15) is 48.0 Å². The summed E-state index contributed by atoms with van der Waals surface area (Å²) in [6, 6.07) is 18.8. The maximum absolute atomic E-state index is 14.9. The molecule has 24 nitrogen and oxygen atoms in total. The second-order valence-corrected chi connectivity index (χ2v) is 22.3. The molecule has 4 aromatic rings. The molecule has 0 aromatic heterocycles. The quantitative estimate of drug-likeness (QED) is 0.0248. The third kappa shape index (κ3) is 24.5. The summed E-state index contributed by atoms with van der Waals surface area (Å²) in [7, 11) is 0. The van der Waals surface area contributed by atoms with E-state index in [0.717, 1.165) is 10.8 Å². The van der Waals surface area contributed by atoms with Gasteiger partial charge in [0.25, 0.3) is 0 Å². The molecule has 5 rings (SSSR count). The summed E-state index contributed by atoms with van der Waals surface area (Å²) in [5.74, 6) is -7.48. The van der Waals surface area contributed by atoms with E-state index in [1.54, 1.807) is 48.5 Å². The highest BCUT2D eigenvalue weighted by molar-refractivity contribution is 5.98. The number of benzene rings is 4. The lowest BCUT2D eigenvalue weighted by molar-refractivity contribution is -0.135.